The van der Waals surface area contributed by atoms with Crippen molar-refractivity contribution in [2.75, 3.05) is 0 Å². The minimum Gasteiger partial charge on any atom is -0.507 e. The van der Waals surface area contributed by atoms with E-state index >= 15 is 0 Å². The van der Waals surface area contributed by atoms with Gasteiger partial charge in [0, 0.05) is 26.8 Å². The molecule has 0 spiro atoms. The van der Waals surface area contributed by atoms with Gasteiger partial charge in [0.25, 0.3) is 0 Å². The van der Waals surface area contributed by atoms with Crippen LogP contribution in [0.5, 0.6) is 5.75 Å². The van der Waals surface area contributed by atoms with Gasteiger partial charge in [-0.25, -0.2) is 0 Å². The molecule has 0 saturated heterocycles. The molecular weight excluding hydrogens is 216 g/mol. The van der Waals surface area contributed by atoms with E-state index in [2.05, 4.69) is 0 Å². The largest absolute Gasteiger partial charge is 0.507 e. The van der Waals surface area contributed by atoms with Crippen LogP contribution in [0.25, 0.3) is 0 Å². The quantitative estimate of drug-likeness (QED) is 0.572. The first kappa shape index (κ1) is 10.2. The van der Waals surface area contributed by atoms with Crippen molar-refractivity contribution in [3.05, 3.63) is 24.3 Å². The number of phenolic OH excluding ortho intramolecular Hbond substituents is 1. The summed E-state index contributed by atoms with van der Waals surface area (Å²) in [6.07, 6.45) is 0. The van der Waals surface area contributed by atoms with Crippen LogP contribution < -0.4 is 5.30 Å². The van der Waals surface area contributed by atoms with Crippen molar-refractivity contribution in [3.63, 3.8) is 0 Å². The predicted octanol–water partition coefficient (Wildman–Crippen LogP) is 1.42. The fourth-order valence-electron chi connectivity index (χ4n) is 0.541. The number of para-hydroxylation sites is 1. The molecule has 0 saturated carbocycles. The number of aromatic hydroxyl groups is 1. The maximum Gasteiger partial charge on any atom is 0.128 e. The molecule has 0 atom stereocenters. The first-order chi connectivity index (χ1) is 4.34. The van der Waals surface area contributed by atoms with Gasteiger partial charge < -0.3 is 5.11 Å². The SMILES string of the molecule is Oc1ccccc1P=S.[Zn]. The van der Waals surface area contributed by atoms with Gasteiger partial charge in [0.2, 0.25) is 0 Å². The molecule has 48 valence electrons. The van der Waals surface area contributed by atoms with E-state index in [1.807, 2.05) is 12.1 Å². The van der Waals surface area contributed by atoms with Crippen molar-refractivity contribution >= 4 is 24.5 Å². The molecule has 0 aliphatic heterocycles. The van der Waals surface area contributed by atoms with Gasteiger partial charge in [-0.05, 0) is 12.1 Å². The van der Waals surface area contributed by atoms with E-state index in [1.54, 1.807) is 12.1 Å². The summed E-state index contributed by atoms with van der Waals surface area (Å²) < 4.78 is 0. The maximum absolute atomic E-state index is 9.04. The van der Waals surface area contributed by atoms with Crippen LogP contribution in [-0.2, 0) is 31.3 Å². The van der Waals surface area contributed by atoms with Crippen LogP contribution in [0.3, 0.4) is 0 Å². The van der Waals surface area contributed by atoms with E-state index in [1.165, 1.54) is 0 Å². The van der Waals surface area contributed by atoms with E-state index in [9.17, 15) is 0 Å². The van der Waals surface area contributed by atoms with Gasteiger partial charge in [0.15, 0.2) is 0 Å². The second-order valence-corrected chi connectivity index (χ2v) is 2.79. The van der Waals surface area contributed by atoms with Crippen LogP contribution in [0.4, 0.5) is 0 Å². The van der Waals surface area contributed by atoms with Crippen molar-refractivity contribution in [1.82, 2.24) is 0 Å². The van der Waals surface area contributed by atoms with Gasteiger partial charge in [-0.15, -0.1) is 0 Å². The molecule has 1 rings (SSSR count). The second-order valence-electron chi connectivity index (χ2n) is 1.58. The zero-order chi connectivity index (χ0) is 6.69. The van der Waals surface area contributed by atoms with Crippen molar-refractivity contribution in [2.24, 2.45) is 0 Å². The molecule has 0 fully saturated rings. The number of hydrogen-bond donors (Lipinski definition) is 1. The third-order valence-corrected chi connectivity index (χ3v) is 2.15. The molecular formula is C6H5OPSZn. The summed E-state index contributed by atoms with van der Waals surface area (Å²) in [4.78, 5) is 0. The normalized spacial score (nSPS) is 8.80. The zero-order valence-corrected chi connectivity index (χ0v) is 10.00. The van der Waals surface area contributed by atoms with Gasteiger partial charge >= 0.3 is 0 Å². The maximum atomic E-state index is 9.04. The molecule has 1 nitrogen and oxygen atoms in total. The Morgan fingerprint density at radius 2 is 1.90 bits per heavy atom. The van der Waals surface area contributed by atoms with E-state index in [-0.39, 0.29) is 25.2 Å². The summed E-state index contributed by atoms with van der Waals surface area (Å²) in [5.41, 5.74) is 0. The number of hydrogen-bond acceptors (Lipinski definition) is 2. The van der Waals surface area contributed by atoms with E-state index in [0.717, 1.165) is 5.30 Å². The average molecular weight is 222 g/mol. The Labute approximate surface area is 79.1 Å². The Kier molecular flexibility index (Phi) is 4.98. The predicted molar refractivity (Wildman–Crippen MR) is 42.0 cm³/mol. The van der Waals surface area contributed by atoms with Crippen LogP contribution in [0.1, 0.15) is 0 Å². The summed E-state index contributed by atoms with van der Waals surface area (Å²) >= 11 is 4.72. The minimum absolute atomic E-state index is 0. The molecule has 0 aromatic heterocycles. The van der Waals surface area contributed by atoms with Gasteiger partial charge in [0.05, 0.1) is 5.30 Å². The number of rotatable bonds is 1. The standard InChI is InChI=1S/C6H5OPS.Zn/c7-5-3-1-2-4-6(5)8-9;/h1-4,7H;. The fourth-order valence-corrected chi connectivity index (χ4v) is 1.32. The Morgan fingerprint density at radius 3 is 2.30 bits per heavy atom. The van der Waals surface area contributed by atoms with Crippen LogP contribution in [0.2, 0.25) is 0 Å². The van der Waals surface area contributed by atoms with Crippen molar-refractivity contribution in [3.8, 4) is 5.75 Å². The molecule has 0 aliphatic rings. The molecule has 0 unspecified atom stereocenters. The average Bonchev–Trinajstić information content (AvgIpc) is 1.89. The fraction of sp³-hybridized carbons (Fsp3) is 0. The molecule has 0 heterocycles. The van der Waals surface area contributed by atoms with Crippen LogP contribution >= 0.6 is 7.36 Å². The van der Waals surface area contributed by atoms with Gasteiger partial charge in [-0.1, -0.05) is 23.9 Å². The van der Waals surface area contributed by atoms with Crippen LogP contribution in [0.15, 0.2) is 24.3 Å². The molecule has 1 aromatic rings. The summed E-state index contributed by atoms with van der Waals surface area (Å²) in [5.74, 6) is 0.286. The monoisotopic (exact) mass is 220 g/mol. The second kappa shape index (κ2) is 4.90. The van der Waals surface area contributed by atoms with Gasteiger partial charge in [-0.2, -0.15) is 0 Å². The van der Waals surface area contributed by atoms with E-state index < -0.39 is 0 Å². The molecule has 1 aromatic carbocycles. The molecule has 0 radical (unpaired) electrons. The smallest absolute Gasteiger partial charge is 0.128 e. The minimum atomic E-state index is 0. The number of benzene rings is 1. The number of phenols is 1. The topological polar surface area (TPSA) is 20.2 Å². The summed E-state index contributed by atoms with van der Waals surface area (Å²) in [6, 6.07) is 7.08. The van der Waals surface area contributed by atoms with Crippen molar-refractivity contribution in [2.45, 2.75) is 0 Å². The molecule has 0 aliphatic carbocycles. The molecule has 0 bridgehead atoms. The molecule has 0 amide bonds. The zero-order valence-electron chi connectivity index (χ0n) is 5.32. The van der Waals surface area contributed by atoms with Crippen LogP contribution in [0, 0.1) is 0 Å². The van der Waals surface area contributed by atoms with Crippen molar-refractivity contribution < 1.29 is 24.6 Å². The Morgan fingerprint density at radius 1 is 1.30 bits per heavy atom. The van der Waals surface area contributed by atoms with Gasteiger partial charge in [-0.3, -0.25) is 0 Å². The summed E-state index contributed by atoms with van der Waals surface area (Å²) in [5, 5.41) is 9.84. The van der Waals surface area contributed by atoms with Crippen LogP contribution in [-0.4, -0.2) is 5.11 Å². The molecule has 4 heteroatoms. The Balaban J connectivity index is 0.000000810. The third-order valence-electron chi connectivity index (χ3n) is 0.980. The summed E-state index contributed by atoms with van der Waals surface area (Å²) in [6.45, 7) is 0. The van der Waals surface area contributed by atoms with E-state index in [4.69, 9.17) is 16.9 Å². The first-order valence-electron chi connectivity index (χ1n) is 2.46. The summed E-state index contributed by atoms with van der Waals surface area (Å²) in [7, 11) is 0.695. The third kappa shape index (κ3) is 2.42. The van der Waals surface area contributed by atoms with Gasteiger partial charge in [0.1, 0.15) is 5.75 Å². The van der Waals surface area contributed by atoms with Crippen molar-refractivity contribution in [1.29, 1.82) is 0 Å². The first-order valence-corrected chi connectivity index (χ1v) is 4.36. The van der Waals surface area contributed by atoms with E-state index in [0.29, 0.717) is 7.36 Å². The Bertz CT molecular complexity index is 229. The molecule has 1 N–H and O–H groups in total. The molecule has 10 heavy (non-hydrogen) atoms. The Hall–Kier alpha value is 0.163.